The highest BCUT2D eigenvalue weighted by molar-refractivity contribution is 7.10. The van der Waals surface area contributed by atoms with Crippen LogP contribution in [0.3, 0.4) is 0 Å². The normalized spacial score (nSPS) is 23.8. The van der Waals surface area contributed by atoms with E-state index in [1.807, 2.05) is 30.3 Å². The number of carbonyl (C=O) groups excluding carboxylic acids is 4. The SMILES string of the molecule is C[C@@H]1NC(=O)c2csc(n2)[C@H](C)NC(=O)[C@H]([C@@H](C)O)NC(=O)[C@H](Cc2ccccc2)NC(=O)c2csc1n2. The Bertz CT molecular complexity index is 1320. The van der Waals surface area contributed by atoms with Gasteiger partial charge in [0.05, 0.1) is 18.2 Å². The summed E-state index contributed by atoms with van der Waals surface area (Å²) < 4.78 is 0. The molecule has 1 aromatic carbocycles. The molecule has 0 spiro atoms. The lowest BCUT2D eigenvalue weighted by Gasteiger charge is -2.25. The van der Waals surface area contributed by atoms with Crippen molar-refractivity contribution >= 4 is 46.3 Å². The fourth-order valence-corrected chi connectivity index (χ4v) is 5.44. The van der Waals surface area contributed by atoms with Crippen LogP contribution in [0.5, 0.6) is 0 Å². The van der Waals surface area contributed by atoms with Gasteiger partial charge in [0.15, 0.2) is 0 Å². The van der Waals surface area contributed by atoms with Crippen LogP contribution < -0.4 is 21.3 Å². The number of benzene rings is 1. The standard InChI is InChI=1S/C25H28N6O5S2/c1-12-24-30-18(11-38-24)22(35)28-16(9-15-7-5-4-6-8-15)20(33)31-19(14(3)32)23(36)27-13(2)25-29-17(10-37-25)21(34)26-12/h4-8,10-14,16,19,32H,9H2,1-3H3,(H,26,34)(H,27,36)(H,28,35)(H,31,33)/t12-,13-,14+,16-,19-/m0/s1. The highest BCUT2D eigenvalue weighted by Gasteiger charge is 2.32. The summed E-state index contributed by atoms with van der Waals surface area (Å²) in [5.41, 5.74) is 1.06. The number of aliphatic hydroxyl groups excluding tert-OH is 1. The molecule has 0 saturated heterocycles. The zero-order chi connectivity index (χ0) is 27.4. The number of aromatic nitrogens is 2. The van der Waals surface area contributed by atoms with Gasteiger partial charge in [-0.05, 0) is 26.3 Å². The Morgan fingerprint density at radius 3 is 1.95 bits per heavy atom. The Balaban J connectivity index is 1.68. The number of aliphatic hydroxyl groups is 1. The number of fused-ring (bicyclic) bond motifs is 4. The molecule has 38 heavy (non-hydrogen) atoms. The van der Waals surface area contributed by atoms with E-state index in [-0.39, 0.29) is 17.8 Å². The van der Waals surface area contributed by atoms with Crippen LogP contribution in [0.15, 0.2) is 41.1 Å². The van der Waals surface area contributed by atoms with Gasteiger partial charge in [0, 0.05) is 17.2 Å². The van der Waals surface area contributed by atoms with Crippen LogP contribution in [0.4, 0.5) is 0 Å². The number of nitrogens with zero attached hydrogens (tertiary/aromatic N) is 2. The Morgan fingerprint density at radius 1 is 0.816 bits per heavy atom. The molecule has 11 nitrogen and oxygen atoms in total. The van der Waals surface area contributed by atoms with Crippen LogP contribution in [0.2, 0.25) is 0 Å². The molecule has 0 unspecified atom stereocenters. The first kappa shape index (κ1) is 27.4. The minimum Gasteiger partial charge on any atom is -0.391 e. The predicted octanol–water partition coefficient (Wildman–Crippen LogP) is 1.49. The van der Waals surface area contributed by atoms with Crippen molar-refractivity contribution in [3.63, 3.8) is 0 Å². The lowest BCUT2D eigenvalue weighted by molar-refractivity contribution is -0.132. The first-order valence-corrected chi connectivity index (χ1v) is 13.7. The van der Waals surface area contributed by atoms with Crippen molar-refractivity contribution in [3.8, 4) is 0 Å². The topological polar surface area (TPSA) is 162 Å². The largest absolute Gasteiger partial charge is 0.391 e. The summed E-state index contributed by atoms with van der Waals surface area (Å²) in [6, 6.07) is 5.66. The molecular formula is C25H28N6O5S2. The molecule has 4 amide bonds. The van der Waals surface area contributed by atoms with E-state index in [0.717, 1.165) is 5.56 Å². The van der Waals surface area contributed by atoms with Crippen molar-refractivity contribution in [1.82, 2.24) is 31.2 Å². The summed E-state index contributed by atoms with van der Waals surface area (Å²) in [7, 11) is 0. The molecule has 1 aliphatic heterocycles. The molecule has 3 aromatic rings. The van der Waals surface area contributed by atoms with Gasteiger partial charge in [-0.3, -0.25) is 19.2 Å². The Labute approximate surface area is 227 Å². The number of rotatable bonds is 3. The molecule has 5 N–H and O–H groups in total. The fourth-order valence-electron chi connectivity index (χ4n) is 3.83. The van der Waals surface area contributed by atoms with Gasteiger partial charge in [0.1, 0.15) is 33.5 Å². The molecule has 3 heterocycles. The maximum atomic E-state index is 13.4. The number of carbonyl (C=O) groups is 4. The van der Waals surface area contributed by atoms with Crippen LogP contribution >= 0.6 is 22.7 Å². The van der Waals surface area contributed by atoms with Crippen molar-refractivity contribution in [3.05, 3.63) is 68.1 Å². The van der Waals surface area contributed by atoms with Gasteiger partial charge in [0.2, 0.25) is 11.8 Å². The molecule has 0 fully saturated rings. The van der Waals surface area contributed by atoms with Gasteiger partial charge in [-0.1, -0.05) is 30.3 Å². The minimum atomic E-state index is -1.30. The van der Waals surface area contributed by atoms with E-state index < -0.39 is 53.9 Å². The van der Waals surface area contributed by atoms with E-state index in [0.29, 0.717) is 10.0 Å². The van der Waals surface area contributed by atoms with Crippen molar-refractivity contribution in [1.29, 1.82) is 0 Å². The number of amides is 4. The molecule has 2 aromatic heterocycles. The average molecular weight is 557 g/mol. The van der Waals surface area contributed by atoms with E-state index in [4.69, 9.17) is 0 Å². The molecular weight excluding hydrogens is 528 g/mol. The highest BCUT2D eigenvalue weighted by atomic mass is 32.1. The van der Waals surface area contributed by atoms with E-state index >= 15 is 0 Å². The summed E-state index contributed by atoms with van der Waals surface area (Å²) in [6.07, 6.45) is -1.08. The number of hydrogen-bond donors (Lipinski definition) is 5. The van der Waals surface area contributed by atoms with Crippen LogP contribution in [-0.4, -0.2) is 56.9 Å². The zero-order valence-corrected chi connectivity index (χ0v) is 22.6. The molecule has 0 aliphatic carbocycles. The first-order valence-electron chi connectivity index (χ1n) is 12.0. The zero-order valence-electron chi connectivity index (χ0n) is 20.9. The Kier molecular flexibility index (Phi) is 8.49. The van der Waals surface area contributed by atoms with Gasteiger partial charge in [-0.2, -0.15) is 0 Å². The highest BCUT2D eigenvalue weighted by Crippen LogP contribution is 2.21. The summed E-state index contributed by atoms with van der Waals surface area (Å²) in [6.45, 7) is 4.82. The van der Waals surface area contributed by atoms with Crippen molar-refractivity contribution in [2.24, 2.45) is 0 Å². The number of nitrogens with one attached hydrogen (secondary N) is 4. The smallest absolute Gasteiger partial charge is 0.271 e. The second-order valence-electron chi connectivity index (χ2n) is 9.01. The second-order valence-corrected chi connectivity index (χ2v) is 10.8. The van der Waals surface area contributed by atoms with Gasteiger partial charge < -0.3 is 26.4 Å². The fraction of sp³-hybridized carbons (Fsp3) is 0.360. The van der Waals surface area contributed by atoms with E-state index in [1.54, 1.807) is 24.6 Å². The third-order valence-electron chi connectivity index (χ3n) is 5.92. The Hall–Kier alpha value is -3.68. The summed E-state index contributed by atoms with van der Waals surface area (Å²) in [4.78, 5) is 61.0. The van der Waals surface area contributed by atoms with E-state index in [2.05, 4.69) is 31.2 Å². The number of hydrogen-bond acceptors (Lipinski definition) is 9. The van der Waals surface area contributed by atoms with E-state index in [1.165, 1.54) is 29.6 Å². The maximum absolute atomic E-state index is 13.4. The monoisotopic (exact) mass is 556 g/mol. The third kappa shape index (κ3) is 6.41. The van der Waals surface area contributed by atoms with Crippen molar-refractivity contribution < 1.29 is 24.3 Å². The van der Waals surface area contributed by atoms with Crippen molar-refractivity contribution in [2.45, 2.75) is 57.5 Å². The van der Waals surface area contributed by atoms with Crippen LogP contribution in [0, 0.1) is 0 Å². The summed E-state index contributed by atoms with van der Waals surface area (Å²) in [5, 5.41) is 25.3. The molecule has 1 aliphatic rings. The van der Waals surface area contributed by atoms with Gasteiger partial charge >= 0.3 is 0 Å². The maximum Gasteiger partial charge on any atom is 0.271 e. The van der Waals surface area contributed by atoms with Crippen LogP contribution in [0.25, 0.3) is 0 Å². The third-order valence-corrected chi connectivity index (χ3v) is 7.98. The Morgan fingerprint density at radius 2 is 1.37 bits per heavy atom. The lowest BCUT2D eigenvalue weighted by Crippen LogP contribution is -2.57. The number of thiazole rings is 2. The molecule has 13 heteroatoms. The quantitative estimate of drug-likeness (QED) is 0.326. The minimum absolute atomic E-state index is 0.0904. The second kappa shape index (κ2) is 11.8. The molecule has 0 saturated carbocycles. The molecule has 5 atom stereocenters. The molecule has 200 valence electrons. The average Bonchev–Trinajstić information content (AvgIpc) is 3.57. The summed E-state index contributed by atoms with van der Waals surface area (Å²) >= 11 is 2.41. The molecule has 4 bridgehead atoms. The van der Waals surface area contributed by atoms with Crippen LogP contribution in [-0.2, 0) is 16.0 Å². The molecule has 0 radical (unpaired) electrons. The first-order chi connectivity index (χ1) is 18.1. The van der Waals surface area contributed by atoms with E-state index in [9.17, 15) is 24.3 Å². The van der Waals surface area contributed by atoms with Crippen LogP contribution in [0.1, 0.15) is 69.4 Å². The van der Waals surface area contributed by atoms with Gasteiger partial charge in [-0.15, -0.1) is 22.7 Å². The predicted molar refractivity (Wildman–Crippen MR) is 142 cm³/mol. The summed E-state index contributed by atoms with van der Waals surface area (Å²) in [5.74, 6) is -2.27. The lowest BCUT2D eigenvalue weighted by atomic mass is 10.0. The van der Waals surface area contributed by atoms with Gasteiger partial charge in [0.25, 0.3) is 11.8 Å². The van der Waals surface area contributed by atoms with Crippen molar-refractivity contribution in [2.75, 3.05) is 0 Å². The molecule has 4 rings (SSSR count). The van der Waals surface area contributed by atoms with Gasteiger partial charge in [-0.25, -0.2) is 9.97 Å².